The van der Waals surface area contributed by atoms with E-state index in [1.54, 1.807) is 11.3 Å². The Morgan fingerprint density at radius 3 is 2.59 bits per heavy atom. The first-order valence-corrected chi connectivity index (χ1v) is 7.29. The van der Waals surface area contributed by atoms with E-state index < -0.39 is 0 Å². The van der Waals surface area contributed by atoms with Crippen molar-refractivity contribution in [3.8, 4) is 0 Å². The molecular formula is C12H21BrClNOS. The number of ether oxygens (including phenoxy) is 1. The molecule has 1 heterocycles. The van der Waals surface area contributed by atoms with Crippen LogP contribution < -0.4 is 5.32 Å². The Labute approximate surface area is 123 Å². The van der Waals surface area contributed by atoms with Gasteiger partial charge in [-0.2, -0.15) is 0 Å². The Balaban J connectivity index is 0.00000256. The summed E-state index contributed by atoms with van der Waals surface area (Å²) in [6.07, 6.45) is 0. The van der Waals surface area contributed by atoms with E-state index in [0.717, 1.165) is 19.8 Å². The van der Waals surface area contributed by atoms with Crippen molar-refractivity contribution in [2.24, 2.45) is 5.92 Å². The molecule has 0 radical (unpaired) electrons. The molecule has 100 valence electrons. The molecule has 1 atom stereocenters. The van der Waals surface area contributed by atoms with Crippen molar-refractivity contribution in [3.05, 3.63) is 20.8 Å². The normalized spacial score (nSPS) is 12.5. The van der Waals surface area contributed by atoms with Crippen molar-refractivity contribution >= 4 is 39.7 Å². The van der Waals surface area contributed by atoms with E-state index in [4.69, 9.17) is 4.74 Å². The summed E-state index contributed by atoms with van der Waals surface area (Å²) < 4.78 is 6.77. The Bertz CT molecular complexity index is 306. The highest BCUT2D eigenvalue weighted by atomic mass is 79.9. The van der Waals surface area contributed by atoms with Crippen LogP contribution >= 0.6 is 39.7 Å². The molecule has 0 amide bonds. The molecule has 0 aliphatic rings. The van der Waals surface area contributed by atoms with Gasteiger partial charge in [0.1, 0.15) is 0 Å². The van der Waals surface area contributed by atoms with Gasteiger partial charge in [0.15, 0.2) is 0 Å². The van der Waals surface area contributed by atoms with Gasteiger partial charge in [-0.3, -0.25) is 0 Å². The molecule has 1 aromatic heterocycles. The van der Waals surface area contributed by atoms with Crippen LogP contribution in [0.3, 0.4) is 0 Å². The number of thiophene rings is 1. The summed E-state index contributed by atoms with van der Waals surface area (Å²) in [5, 5.41) is 5.61. The van der Waals surface area contributed by atoms with Crippen molar-refractivity contribution < 1.29 is 4.74 Å². The highest BCUT2D eigenvalue weighted by Crippen LogP contribution is 2.20. The smallest absolute Gasteiger partial charge is 0.0701 e. The first-order chi connectivity index (χ1) is 7.58. The number of halogens is 2. The SMILES string of the molecule is CC(C)COCC(C)NCc1csc(Br)c1.Cl. The number of hydrogen-bond acceptors (Lipinski definition) is 3. The van der Waals surface area contributed by atoms with Gasteiger partial charge >= 0.3 is 0 Å². The summed E-state index contributed by atoms with van der Waals surface area (Å²) in [6, 6.07) is 2.55. The van der Waals surface area contributed by atoms with E-state index in [-0.39, 0.29) is 12.4 Å². The molecule has 5 heteroatoms. The van der Waals surface area contributed by atoms with Crippen molar-refractivity contribution in [3.63, 3.8) is 0 Å². The lowest BCUT2D eigenvalue weighted by Gasteiger charge is -2.14. The van der Waals surface area contributed by atoms with Gasteiger partial charge in [-0.25, -0.2) is 0 Å². The van der Waals surface area contributed by atoms with E-state index in [1.165, 1.54) is 9.35 Å². The minimum atomic E-state index is 0. The second-order valence-electron chi connectivity index (χ2n) is 4.47. The lowest BCUT2D eigenvalue weighted by Crippen LogP contribution is -2.30. The van der Waals surface area contributed by atoms with Crippen molar-refractivity contribution in [1.29, 1.82) is 0 Å². The summed E-state index contributed by atoms with van der Waals surface area (Å²) in [6.45, 7) is 9.03. The maximum absolute atomic E-state index is 5.58. The molecule has 1 N–H and O–H groups in total. The summed E-state index contributed by atoms with van der Waals surface area (Å²) in [5.41, 5.74) is 1.33. The average molecular weight is 343 g/mol. The van der Waals surface area contributed by atoms with Crippen LogP contribution in [0.5, 0.6) is 0 Å². The minimum absolute atomic E-state index is 0. The van der Waals surface area contributed by atoms with Crippen LogP contribution in [0.1, 0.15) is 26.3 Å². The molecule has 0 aliphatic carbocycles. The third-order valence-corrected chi connectivity index (χ3v) is 3.65. The van der Waals surface area contributed by atoms with Crippen LogP contribution in [-0.2, 0) is 11.3 Å². The van der Waals surface area contributed by atoms with Gasteiger partial charge in [0.05, 0.1) is 10.4 Å². The van der Waals surface area contributed by atoms with Gasteiger partial charge in [0.2, 0.25) is 0 Å². The fraction of sp³-hybridized carbons (Fsp3) is 0.667. The molecule has 0 saturated carbocycles. The molecule has 1 aromatic rings. The van der Waals surface area contributed by atoms with Gasteiger partial charge in [0, 0.05) is 19.2 Å². The maximum Gasteiger partial charge on any atom is 0.0701 e. The minimum Gasteiger partial charge on any atom is -0.380 e. The van der Waals surface area contributed by atoms with Gasteiger partial charge in [-0.05, 0) is 45.8 Å². The summed E-state index contributed by atoms with van der Waals surface area (Å²) in [5.74, 6) is 0.611. The van der Waals surface area contributed by atoms with Gasteiger partial charge in [0.25, 0.3) is 0 Å². The zero-order valence-electron chi connectivity index (χ0n) is 10.5. The topological polar surface area (TPSA) is 21.3 Å². The molecule has 0 fully saturated rings. The quantitative estimate of drug-likeness (QED) is 0.806. The van der Waals surface area contributed by atoms with Crippen LogP contribution in [0.2, 0.25) is 0 Å². The number of nitrogens with one attached hydrogen (secondary N) is 1. The maximum atomic E-state index is 5.58. The van der Waals surface area contributed by atoms with Crippen molar-refractivity contribution in [2.75, 3.05) is 13.2 Å². The average Bonchev–Trinajstić information content (AvgIpc) is 2.61. The third kappa shape index (κ3) is 8.16. The van der Waals surface area contributed by atoms with Crippen LogP contribution in [0.25, 0.3) is 0 Å². The molecule has 0 aromatic carbocycles. The highest BCUT2D eigenvalue weighted by molar-refractivity contribution is 9.11. The molecule has 17 heavy (non-hydrogen) atoms. The fourth-order valence-electron chi connectivity index (χ4n) is 1.27. The van der Waals surface area contributed by atoms with Crippen LogP contribution in [-0.4, -0.2) is 19.3 Å². The molecule has 0 spiro atoms. The Hall–Kier alpha value is 0.390. The summed E-state index contributed by atoms with van der Waals surface area (Å²) in [7, 11) is 0. The fourth-order valence-corrected chi connectivity index (χ4v) is 2.48. The van der Waals surface area contributed by atoms with E-state index in [1.807, 2.05) is 0 Å². The molecule has 0 aliphatic heterocycles. The van der Waals surface area contributed by atoms with E-state index in [0.29, 0.717) is 12.0 Å². The van der Waals surface area contributed by atoms with Crippen LogP contribution in [0.4, 0.5) is 0 Å². The van der Waals surface area contributed by atoms with Crippen molar-refractivity contribution in [1.82, 2.24) is 5.32 Å². The standard InChI is InChI=1S/C12H20BrNOS.ClH/c1-9(2)6-15-7-10(3)14-5-11-4-12(13)16-8-11;/h4,8-10,14H,5-7H2,1-3H3;1H. The molecule has 0 bridgehead atoms. The van der Waals surface area contributed by atoms with E-state index >= 15 is 0 Å². The van der Waals surface area contributed by atoms with Gasteiger partial charge in [-0.15, -0.1) is 23.7 Å². The summed E-state index contributed by atoms with van der Waals surface area (Å²) >= 11 is 5.19. The molecular weight excluding hydrogens is 322 g/mol. The predicted molar refractivity (Wildman–Crippen MR) is 81.2 cm³/mol. The molecule has 1 unspecified atom stereocenters. The second-order valence-corrected chi connectivity index (χ2v) is 6.76. The lowest BCUT2D eigenvalue weighted by molar-refractivity contribution is 0.0935. The number of hydrogen-bond donors (Lipinski definition) is 1. The molecule has 1 rings (SSSR count). The van der Waals surface area contributed by atoms with Crippen LogP contribution in [0, 0.1) is 5.92 Å². The highest BCUT2D eigenvalue weighted by Gasteiger charge is 2.03. The lowest BCUT2D eigenvalue weighted by atomic mass is 10.2. The molecule has 2 nitrogen and oxygen atoms in total. The monoisotopic (exact) mass is 341 g/mol. The zero-order chi connectivity index (χ0) is 12.0. The first kappa shape index (κ1) is 17.4. The first-order valence-electron chi connectivity index (χ1n) is 5.62. The van der Waals surface area contributed by atoms with E-state index in [2.05, 4.69) is 53.5 Å². The number of rotatable bonds is 7. The Morgan fingerprint density at radius 1 is 1.35 bits per heavy atom. The van der Waals surface area contributed by atoms with Gasteiger partial charge < -0.3 is 10.1 Å². The van der Waals surface area contributed by atoms with Crippen LogP contribution in [0.15, 0.2) is 15.2 Å². The summed E-state index contributed by atoms with van der Waals surface area (Å²) in [4.78, 5) is 0. The largest absolute Gasteiger partial charge is 0.380 e. The second kappa shape index (κ2) is 9.34. The predicted octanol–water partition coefficient (Wildman–Crippen LogP) is 4.08. The van der Waals surface area contributed by atoms with Crippen molar-refractivity contribution in [2.45, 2.75) is 33.4 Å². The Kier molecular flexibility index (Phi) is 9.55. The third-order valence-electron chi connectivity index (χ3n) is 2.10. The Morgan fingerprint density at radius 2 is 2.06 bits per heavy atom. The molecule has 0 saturated heterocycles. The zero-order valence-corrected chi connectivity index (χ0v) is 13.8. The van der Waals surface area contributed by atoms with Gasteiger partial charge in [-0.1, -0.05) is 13.8 Å². The van der Waals surface area contributed by atoms with E-state index in [9.17, 15) is 0 Å².